The molecule has 4 aromatic rings. The Hall–Kier alpha value is -3.61. The molecule has 29 heavy (non-hydrogen) atoms. The normalized spacial score (nSPS) is 11.7. The molecule has 0 atom stereocenters. The second kappa shape index (κ2) is 8.60. The highest BCUT2D eigenvalue weighted by Gasteiger charge is 2.10. The number of rotatable bonds is 6. The summed E-state index contributed by atoms with van der Waals surface area (Å²) < 4.78 is 7.77. The average molecular weight is 388 g/mol. The van der Waals surface area contributed by atoms with E-state index >= 15 is 0 Å². The molecule has 0 amide bonds. The number of para-hydroxylation sites is 1. The van der Waals surface area contributed by atoms with Crippen LogP contribution in [0.15, 0.2) is 70.6 Å². The van der Waals surface area contributed by atoms with Gasteiger partial charge in [0.05, 0.1) is 13.1 Å². The van der Waals surface area contributed by atoms with Gasteiger partial charge in [0, 0.05) is 24.5 Å². The Labute approximate surface area is 169 Å². The van der Waals surface area contributed by atoms with Gasteiger partial charge in [-0.05, 0) is 24.1 Å². The lowest BCUT2D eigenvalue weighted by Crippen LogP contribution is -2.36. The summed E-state index contributed by atoms with van der Waals surface area (Å²) in [4.78, 5) is 8.30. The molecule has 148 valence electrons. The van der Waals surface area contributed by atoms with Gasteiger partial charge in [0.25, 0.3) is 0 Å². The largest absolute Gasteiger partial charge is 0.459 e. The second-order valence-corrected chi connectivity index (χ2v) is 6.84. The molecule has 0 aliphatic rings. The van der Waals surface area contributed by atoms with Crippen molar-refractivity contribution in [2.45, 2.75) is 26.6 Å². The smallest absolute Gasteiger partial charge is 0.191 e. The number of nitrogens with one attached hydrogen (secondary N) is 2. The minimum absolute atomic E-state index is 0.576. The van der Waals surface area contributed by atoms with E-state index in [1.54, 1.807) is 19.7 Å². The minimum atomic E-state index is 0.576. The SMILES string of the molecule is CN=C(NCc1cccc(Cn2cncn2)c1)NCc1oc2ccccc2c1C. The zero-order chi connectivity index (χ0) is 20.1. The van der Waals surface area contributed by atoms with Crippen LogP contribution in [0.25, 0.3) is 11.0 Å². The summed E-state index contributed by atoms with van der Waals surface area (Å²) in [6.07, 6.45) is 3.27. The molecule has 0 aliphatic carbocycles. The number of aryl methyl sites for hydroxylation is 1. The molecule has 0 aliphatic heterocycles. The van der Waals surface area contributed by atoms with Crippen LogP contribution in [0.4, 0.5) is 0 Å². The fourth-order valence-corrected chi connectivity index (χ4v) is 3.30. The zero-order valence-electron chi connectivity index (χ0n) is 16.6. The van der Waals surface area contributed by atoms with Crippen molar-refractivity contribution >= 4 is 16.9 Å². The molecule has 2 N–H and O–H groups in total. The third-order valence-corrected chi connectivity index (χ3v) is 4.84. The highest BCUT2D eigenvalue weighted by molar-refractivity contribution is 5.82. The number of furan rings is 1. The van der Waals surface area contributed by atoms with Gasteiger partial charge in [-0.15, -0.1) is 0 Å². The first-order valence-corrected chi connectivity index (χ1v) is 9.54. The fraction of sp³-hybridized carbons (Fsp3) is 0.227. The molecule has 7 nitrogen and oxygen atoms in total. The van der Waals surface area contributed by atoms with Crippen LogP contribution in [-0.2, 0) is 19.6 Å². The van der Waals surface area contributed by atoms with Crippen LogP contribution >= 0.6 is 0 Å². The van der Waals surface area contributed by atoms with Crippen molar-refractivity contribution in [2.75, 3.05) is 7.05 Å². The molecular weight excluding hydrogens is 364 g/mol. The van der Waals surface area contributed by atoms with Gasteiger partial charge in [0.2, 0.25) is 0 Å². The maximum atomic E-state index is 5.96. The van der Waals surface area contributed by atoms with E-state index in [4.69, 9.17) is 4.42 Å². The lowest BCUT2D eigenvalue weighted by Gasteiger charge is -2.12. The quantitative estimate of drug-likeness (QED) is 0.391. The molecule has 7 heteroatoms. The van der Waals surface area contributed by atoms with Gasteiger partial charge >= 0.3 is 0 Å². The van der Waals surface area contributed by atoms with Crippen molar-refractivity contribution < 1.29 is 4.42 Å². The van der Waals surface area contributed by atoms with Gasteiger partial charge in [-0.1, -0.05) is 42.5 Å². The summed E-state index contributed by atoms with van der Waals surface area (Å²) in [6.45, 7) is 4.03. The summed E-state index contributed by atoms with van der Waals surface area (Å²) in [5, 5.41) is 12.0. The number of aromatic nitrogens is 3. The van der Waals surface area contributed by atoms with Crippen LogP contribution in [0, 0.1) is 6.92 Å². The van der Waals surface area contributed by atoms with Crippen LogP contribution in [0.5, 0.6) is 0 Å². The molecular formula is C22H24N6O. The summed E-state index contributed by atoms with van der Waals surface area (Å²) in [7, 11) is 1.77. The maximum absolute atomic E-state index is 5.96. The predicted molar refractivity (Wildman–Crippen MR) is 114 cm³/mol. The Morgan fingerprint density at radius 3 is 2.69 bits per heavy atom. The van der Waals surface area contributed by atoms with Gasteiger partial charge in [0.1, 0.15) is 24.0 Å². The average Bonchev–Trinajstić information content (AvgIpc) is 3.37. The number of nitrogens with zero attached hydrogens (tertiary/aromatic N) is 4. The molecule has 0 unspecified atom stereocenters. The Balaban J connectivity index is 1.35. The third kappa shape index (κ3) is 4.45. The maximum Gasteiger partial charge on any atom is 0.191 e. The lowest BCUT2D eigenvalue weighted by atomic mass is 10.1. The Morgan fingerprint density at radius 1 is 1.07 bits per heavy atom. The van der Waals surface area contributed by atoms with Gasteiger partial charge in [0.15, 0.2) is 5.96 Å². The first-order valence-electron chi connectivity index (χ1n) is 9.54. The third-order valence-electron chi connectivity index (χ3n) is 4.84. The number of hydrogen-bond acceptors (Lipinski definition) is 4. The zero-order valence-corrected chi connectivity index (χ0v) is 16.6. The van der Waals surface area contributed by atoms with Crippen molar-refractivity contribution in [3.63, 3.8) is 0 Å². The Morgan fingerprint density at radius 2 is 1.90 bits per heavy atom. The van der Waals surface area contributed by atoms with Gasteiger partial charge < -0.3 is 15.1 Å². The van der Waals surface area contributed by atoms with Crippen LogP contribution < -0.4 is 10.6 Å². The van der Waals surface area contributed by atoms with Gasteiger partial charge in [-0.25, -0.2) is 9.67 Å². The number of guanidine groups is 1. The van der Waals surface area contributed by atoms with Crippen molar-refractivity contribution in [2.24, 2.45) is 4.99 Å². The number of fused-ring (bicyclic) bond motifs is 1. The topological polar surface area (TPSA) is 80.3 Å². The van der Waals surface area contributed by atoms with E-state index in [1.165, 1.54) is 11.1 Å². The van der Waals surface area contributed by atoms with E-state index in [0.717, 1.165) is 28.3 Å². The Bertz CT molecular complexity index is 1110. The number of hydrogen-bond donors (Lipinski definition) is 2. The molecule has 0 fully saturated rings. The summed E-state index contributed by atoms with van der Waals surface area (Å²) in [5.74, 6) is 1.65. The molecule has 0 radical (unpaired) electrons. The Kier molecular flexibility index (Phi) is 5.56. The second-order valence-electron chi connectivity index (χ2n) is 6.84. The predicted octanol–water partition coefficient (Wildman–Crippen LogP) is 3.25. The van der Waals surface area contributed by atoms with Crippen LogP contribution in [0.2, 0.25) is 0 Å². The molecule has 0 spiro atoms. The van der Waals surface area contributed by atoms with E-state index in [0.29, 0.717) is 19.6 Å². The van der Waals surface area contributed by atoms with E-state index in [9.17, 15) is 0 Å². The van der Waals surface area contributed by atoms with Crippen LogP contribution in [-0.4, -0.2) is 27.8 Å². The van der Waals surface area contributed by atoms with Crippen LogP contribution in [0.1, 0.15) is 22.5 Å². The first kappa shape index (κ1) is 18.7. The fourth-order valence-electron chi connectivity index (χ4n) is 3.30. The van der Waals surface area contributed by atoms with Crippen molar-refractivity contribution in [3.05, 3.63) is 83.6 Å². The molecule has 0 bridgehead atoms. The minimum Gasteiger partial charge on any atom is -0.459 e. The molecule has 4 rings (SSSR count). The van der Waals surface area contributed by atoms with Crippen LogP contribution in [0.3, 0.4) is 0 Å². The van der Waals surface area contributed by atoms with E-state index < -0.39 is 0 Å². The van der Waals surface area contributed by atoms with Gasteiger partial charge in [-0.2, -0.15) is 5.10 Å². The number of aliphatic imine (C=N–C) groups is 1. The van der Waals surface area contributed by atoms with Crippen molar-refractivity contribution in [1.29, 1.82) is 0 Å². The molecule has 2 aromatic carbocycles. The van der Waals surface area contributed by atoms with E-state index in [2.05, 4.69) is 63.0 Å². The van der Waals surface area contributed by atoms with E-state index in [1.807, 2.05) is 22.9 Å². The van der Waals surface area contributed by atoms with E-state index in [-0.39, 0.29) is 0 Å². The standard InChI is InChI=1S/C22H24N6O/c1-16-19-8-3-4-9-20(19)29-21(16)12-26-22(23-2)25-11-17-6-5-7-18(10-17)13-28-15-24-14-27-28/h3-10,14-15H,11-13H2,1-2H3,(H2,23,25,26). The molecule has 0 saturated heterocycles. The van der Waals surface area contributed by atoms with Gasteiger partial charge in [-0.3, -0.25) is 4.99 Å². The summed E-state index contributed by atoms with van der Waals surface area (Å²) in [6, 6.07) is 16.5. The van der Waals surface area contributed by atoms with Crippen molar-refractivity contribution in [1.82, 2.24) is 25.4 Å². The summed E-state index contributed by atoms with van der Waals surface area (Å²) in [5.41, 5.74) is 4.42. The molecule has 2 heterocycles. The highest BCUT2D eigenvalue weighted by atomic mass is 16.3. The number of benzene rings is 2. The molecule has 0 saturated carbocycles. The lowest BCUT2D eigenvalue weighted by molar-refractivity contribution is 0.534. The summed E-state index contributed by atoms with van der Waals surface area (Å²) >= 11 is 0. The monoisotopic (exact) mass is 388 g/mol. The molecule has 2 aromatic heterocycles. The van der Waals surface area contributed by atoms with Crippen molar-refractivity contribution in [3.8, 4) is 0 Å². The highest BCUT2D eigenvalue weighted by Crippen LogP contribution is 2.24. The first-order chi connectivity index (χ1) is 14.2.